The maximum Gasteiger partial charge on any atom is 0.270 e. The van der Waals surface area contributed by atoms with E-state index < -0.39 is 10.8 Å². The number of nitriles is 1. The Morgan fingerprint density at radius 3 is 2.49 bits per heavy atom. The fourth-order valence-corrected chi connectivity index (χ4v) is 3.92. The van der Waals surface area contributed by atoms with Crippen molar-refractivity contribution >= 4 is 45.7 Å². The Kier molecular flexibility index (Phi) is 6.01. The first-order chi connectivity index (χ1) is 18.0. The van der Waals surface area contributed by atoms with Crippen LogP contribution in [0.2, 0.25) is 0 Å². The van der Waals surface area contributed by atoms with Crippen molar-refractivity contribution in [2.45, 2.75) is 0 Å². The average Bonchev–Trinajstić information content (AvgIpc) is 3.22. The van der Waals surface area contributed by atoms with Crippen molar-refractivity contribution in [3.8, 4) is 17.5 Å². The summed E-state index contributed by atoms with van der Waals surface area (Å²) in [5.74, 6) is 0.305. The Hall–Kier alpha value is -5.56. The van der Waals surface area contributed by atoms with Crippen LogP contribution in [-0.4, -0.2) is 32.5 Å². The molecule has 0 saturated carbocycles. The molecular formula is C27H18N6O4. The highest BCUT2D eigenvalue weighted by atomic mass is 16.6. The van der Waals surface area contributed by atoms with Gasteiger partial charge in [0.15, 0.2) is 5.65 Å². The lowest BCUT2D eigenvalue weighted by molar-refractivity contribution is -0.384. The molecule has 10 heteroatoms. The highest BCUT2D eigenvalue weighted by molar-refractivity contribution is 6.05. The number of non-ortho nitro benzene ring substituents is 1. The van der Waals surface area contributed by atoms with E-state index in [1.54, 1.807) is 48.1 Å². The van der Waals surface area contributed by atoms with Crippen molar-refractivity contribution in [1.82, 2.24) is 14.5 Å². The molecule has 0 atom stereocenters. The number of nitrogens with one attached hydrogen (secondary N) is 1. The number of nitro benzene ring substituents is 1. The third-order valence-electron chi connectivity index (χ3n) is 5.65. The smallest absolute Gasteiger partial charge is 0.270 e. The maximum absolute atomic E-state index is 13.0. The third-order valence-corrected chi connectivity index (χ3v) is 5.65. The number of hydrogen-bond donors (Lipinski definition) is 1. The van der Waals surface area contributed by atoms with E-state index in [0.29, 0.717) is 39.2 Å². The topological polar surface area (TPSA) is 136 Å². The van der Waals surface area contributed by atoms with Crippen molar-refractivity contribution in [2.75, 3.05) is 12.4 Å². The van der Waals surface area contributed by atoms with Crippen molar-refractivity contribution in [3.05, 3.63) is 100 Å². The number of benzene rings is 3. The summed E-state index contributed by atoms with van der Waals surface area (Å²) in [5.41, 5.74) is 3.18. The summed E-state index contributed by atoms with van der Waals surface area (Å²) >= 11 is 0. The van der Waals surface area contributed by atoms with Crippen molar-refractivity contribution in [3.63, 3.8) is 0 Å². The second kappa shape index (κ2) is 9.59. The van der Waals surface area contributed by atoms with Gasteiger partial charge in [0.25, 0.3) is 5.69 Å². The van der Waals surface area contributed by atoms with Gasteiger partial charge in [-0.25, -0.2) is 9.97 Å². The maximum atomic E-state index is 13.0. The lowest BCUT2D eigenvalue weighted by Gasteiger charge is -2.11. The molecule has 0 spiro atoms. The van der Waals surface area contributed by atoms with Gasteiger partial charge in [-0.05, 0) is 48.0 Å². The molecule has 3 aromatic carbocycles. The van der Waals surface area contributed by atoms with Gasteiger partial charge in [0.2, 0.25) is 5.91 Å². The van der Waals surface area contributed by atoms with Gasteiger partial charge in [0, 0.05) is 23.9 Å². The number of nitrogens with zero attached hydrogens (tertiary/aromatic N) is 5. The first-order valence-electron chi connectivity index (χ1n) is 11.1. The van der Waals surface area contributed by atoms with E-state index in [2.05, 4.69) is 16.4 Å². The molecule has 0 fully saturated rings. The van der Waals surface area contributed by atoms with Crippen LogP contribution in [0.15, 0.2) is 78.9 Å². The number of rotatable bonds is 6. The van der Waals surface area contributed by atoms with E-state index in [9.17, 15) is 20.2 Å². The van der Waals surface area contributed by atoms with Crippen LogP contribution in [-0.2, 0) is 4.79 Å². The van der Waals surface area contributed by atoms with E-state index in [-0.39, 0.29) is 17.1 Å². The molecule has 0 unspecified atom stereocenters. The quantitative estimate of drug-likeness (QED) is 0.201. The van der Waals surface area contributed by atoms with Crippen molar-refractivity contribution < 1.29 is 14.5 Å². The number of fused-ring (bicyclic) bond motifs is 2. The van der Waals surface area contributed by atoms with Gasteiger partial charge < -0.3 is 10.1 Å². The first-order valence-corrected chi connectivity index (χ1v) is 11.1. The Labute approximate surface area is 210 Å². The number of hydrogen-bond acceptors (Lipinski definition) is 7. The van der Waals surface area contributed by atoms with Crippen LogP contribution in [0.1, 0.15) is 11.1 Å². The first kappa shape index (κ1) is 23.2. The average molecular weight is 490 g/mol. The Bertz CT molecular complexity index is 1750. The number of carbonyl (C=O) groups is 1. The number of methoxy groups -OCH3 is 1. The molecule has 5 rings (SSSR count). The largest absolute Gasteiger partial charge is 0.497 e. The number of para-hydroxylation sites is 2. The third kappa shape index (κ3) is 4.44. The molecule has 5 aromatic rings. The van der Waals surface area contributed by atoms with E-state index >= 15 is 0 Å². The molecule has 0 bridgehead atoms. The summed E-state index contributed by atoms with van der Waals surface area (Å²) in [6.07, 6.45) is 2.70. The minimum Gasteiger partial charge on any atom is -0.497 e. The summed E-state index contributed by atoms with van der Waals surface area (Å²) in [6, 6.07) is 22.4. The fourth-order valence-electron chi connectivity index (χ4n) is 3.92. The summed E-state index contributed by atoms with van der Waals surface area (Å²) in [5, 5.41) is 23.9. The number of carbonyl (C=O) groups excluding carboxylic acids is 1. The molecule has 37 heavy (non-hydrogen) atoms. The molecule has 180 valence electrons. The standard InChI is InChI=1S/C27H18N6O4/c1-37-20-12-10-18(11-13-20)32-26(31-24(34)14-9-17-5-4-6-19(15-17)33(35)36)21(16-28)25-27(32)30-23-8-3-2-7-22(23)29-25/h2-15H,1H3,(H,31,34)/b14-9+. The zero-order valence-electron chi connectivity index (χ0n) is 19.5. The van der Waals surface area contributed by atoms with E-state index in [1.807, 2.05) is 18.2 Å². The second-order valence-electron chi connectivity index (χ2n) is 7.93. The van der Waals surface area contributed by atoms with E-state index in [1.165, 1.54) is 30.4 Å². The Morgan fingerprint density at radius 2 is 1.81 bits per heavy atom. The molecule has 2 heterocycles. The highest BCUT2D eigenvalue weighted by Crippen LogP contribution is 2.33. The van der Waals surface area contributed by atoms with Crippen LogP contribution in [0.3, 0.4) is 0 Å². The minimum atomic E-state index is -0.537. The SMILES string of the molecule is COc1ccc(-n2c(NC(=O)/C=C/c3cccc([N+](=O)[O-])c3)c(C#N)c3nc4ccccc4nc32)cc1. The molecule has 1 amide bonds. The van der Waals surface area contributed by atoms with Gasteiger partial charge in [-0.2, -0.15) is 5.26 Å². The Balaban J connectivity index is 1.62. The highest BCUT2D eigenvalue weighted by Gasteiger charge is 2.23. The summed E-state index contributed by atoms with van der Waals surface area (Å²) in [4.78, 5) is 32.9. The fraction of sp³-hybridized carbons (Fsp3) is 0.0370. The van der Waals surface area contributed by atoms with Gasteiger partial charge in [-0.15, -0.1) is 0 Å². The van der Waals surface area contributed by atoms with Crippen molar-refractivity contribution in [1.29, 1.82) is 5.26 Å². The summed E-state index contributed by atoms with van der Waals surface area (Å²) < 4.78 is 6.92. The van der Waals surface area contributed by atoms with E-state index in [0.717, 1.165) is 0 Å². The number of ether oxygens (including phenoxy) is 1. The summed E-state index contributed by atoms with van der Waals surface area (Å²) in [6.45, 7) is 0. The zero-order valence-corrected chi connectivity index (χ0v) is 19.5. The Morgan fingerprint density at radius 1 is 1.08 bits per heavy atom. The van der Waals surface area contributed by atoms with Crippen molar-refractivity contribution in [2.24, 2.45) is 0 Å². The number of aromatic nitrogens is 3. The minimum absolute atomic E-state index is 0.0850. The normalized spacial score (nSPS) is 11.0. The predicted molar refractivity (Wildman–Crippen MR) is 138 cm³/mol. The molecule has 0 aliphatic rings. The molecule has 0 saturated heterocycles. The van der Waals surface area contributed by atoms with Crippen LogP contribution < -0.4 is 10.1 Å². The van der Waals surface area contributed by atoms with Gasteiger partial charge in [0.1, 0.15) is 28.7 Å². The van der Waals surface area contributed by atoms with E-state index in [4.69, 9.17) is 9.72 Å². The van der Waals surface area contributed by atoms with Crippen LogP contribution in [0.5, 0.6) is 5.75 Å². The molecule has 2 aromatic heterocycles. The van der Waals surface area contributed by atoms with Gasteiger partial charge in [-0.3, -0.25) is 19.5 Å². The van der Waals surface area contributed by atoms with Crippen LogP contribution in [0.25, 0.3) is 34.0 Å². The molecular weight excluding hydrogens is 472 g/mol. The molecule has 0 aliphatic heterocycles. The molecule has 10 nitrogen and oxygen atoms in total. The molecule has 1 N–H and O–H groups in total. The molecule has 0 aliphatic carbocycles. The molecule has 0 radical (unpaired) electrons. The lowest BCUT2D eigenvalue weighted by Crippen LogP contribution is -2.13. The van der Waals surface area contributed by atoms with Gasteiger partial charge in [0.05, 0.1) is 23.1 Å². The number of nitro groups is 1. The predicted octanol–water partition coefficient (Wildman–Crippen LogP) is 5.01. The lowest BCUT2D eigenvalue weighted by atomic mass is 10.2. The van der Waals surface area contributed by atoms with Gasteiger partial charge >= 0.3 is 0 Å². The monoisotopic (exact) mass is 490 g/mol. The van der Waals surface area contributed by atoms with Gasteiger partial charge in [-0.1, -0.05) is 24.3 Å². The van der Waals surface area contributed by atoms with Crippen LogP contribution >= 0.6 is 0 Å². The van der Waals surface area contributed by atoms with Crippen LogP contribution in [0, 0.1) is 21.4 Å². The van der Waals surface area contributed by atoms with Crippen LogP contribution in [0.4, 0.5) is 11.5 Å². The summed E-state index contributed by atoms with van der Waals surface area (Å²) in [7, 11) is 1.56. The number of amides is 1. The second-order valence-corrected chi connectivity index (χ2v) is 7.93. The zero-order chi connectivity index (χ0) is 25.9. The number of anilines is 1.